The Hall–Kier alpha value is -0.0800. The molecule has 0 radical (unpaired) electrons. The quantitative estimate of drug-likeness (QED) is 0.664. The van der Waals surface area contributed by atoms with E-state index in [1.54, 1.807) is 0 Å². The van der Waals surface area contributed by atoms with Crippen LogP contribution in [0.2, 0.25) is 0 Å². The van der Waals surface area contributed by atoms with Crippen molar-refractivity contribution in [2.75, 3.05) is 13.2 Å². The second-order valence-corrected chi connectivity index (χ2v) is 4.34. The Bertz CT molecular complexity index is 167. The Labute approximate surface area is 74.4 Å². The smallest absolute Gasteiger partial charge is 0.0616 e. The monoisotopic (exact) mass is 169 g/mol. The fraction of sp³-hybridized carbons (Fsp3) is 1.00. The molecule has 2 aliphatic carbocycles. The lowest BCUT2D eigenvalue weighted by Crippen LogP contribution is -2.52. The van der Waals surface area contributed by atoms with Gasteiger partial charge in [0.15, 0.2) is 0 Å². The highest BCUT2D eigenvalue weighted by Crippen LogP contribution is 2.54. The van der Waals surface area contributed by atoms with E-state index in [-0.39, 0.29) is 5.54 Å². The highest BCUT2D eigenvalue weighted by Gasteiger charge is 2.53. The topological polar surface area (TPSA) is 32.3 Å². The standard InChI is InChI=1S/C10H19NO/c1-2-11-10(7-12)5-3-4-8-6-9(8)10/h8-9,11-12H,2-7H2,1H3. The second-order valence-electron chi connectivity index (χ2n) is 4.34. The van der Waals surface area contributed by atoms with Crippen LogP contribution in [0.3, 0.4) is 0 Å². The van der Waals surface area contributed by atoms with Gasteiger partial charge in [0, 0.05) is 5.54 Å². The van der Waals surface area contributed by atoms with Crippen molar-refractivity contribution < 1.29 is 5.11 Å². The predicted octanol–water partition coefficient (Wildman–Crippen LogP) is 1.15. The Morgan fingerprint density at radius 2 is 2.42 bits per heavy atom. The van der Waals surface area contributed by atoms with Crippen molar-refractivity contribution in [2.45, 2.75) is 38.1 Å². The van der Waals surface area contributed by atoms with Crippen molar-refractivity contribution in [3.8, 4) is 0 Å². The molecule has 0 aromatic heterocycles. The molecular formula is C10H19NO. The molecule has 0 bridgehead atoms. The van der Waals surface area contributed by atoms with E-state index in [1.807, 2.05) is 0 Å². The zero-order valence-corrected chi connectivity index (χ0v) is 7.84. The van der Waals surface area contributed by atoms with Crippen molar-refractivity contribution in [3.63, 3.8) is 0 Å². The van der Waals surface area contributed by atoms with Gasteiger partial charge in [-0.3, -0.25) is 0 Å². The Morgan fingerprint density at radius 3 is 3.08 bits per heavy atom. The predicted molar refractivity (Wildman–Crippen MR) is 48.9 cm³/mol. The molecule has 0 amide bonds. The fourth-order valence-electron chi connectivity index (χ4n) is 2.93. The molecule has 0 aromatic rings. The molecule has 2 saturated carbocycles. The molecule has 0 spiro atoms. The van der Waals surface area contributed by atoms with Crippen molar-refractivity contribution >= 4 is 0 Å². The van der Waals surface area contributed by atoms with Gasteiger partial charge >= 0.3 is 0 Å². The normalized spacial score (nSPS) is 45.5. The molecule has 0 aromatic carbocycles. The lowest BCUT2D eigenvalue weighted by molar-refractivity contribution is 0.110. The van der Waals surface area contributed by atoms with Gasteiger partial charge in [-0.15, -0.1) is 0 Å². The van der Waals surface area contributed by atoms with Gasteiger partial charge in [-0.2, -0.15) is 0 Å². The van der Waals surface area contributed by atoms with E-state index in [0.29, 0.717) is 6.61 Å². The first-order valence-corrected chi connectivity index (χ1v) is 5.18. The van der Waals surface area contributed by atoms with Crippen LogP contribution in [0, 0.1) is 11.8 Å². The van der Waals surface area contributed by atoms with Gasteiger partial charge in [0.1, 0.15) is 0 Å². The first kappa shape index (κ1) is 8.52. The average molecular weight is 169 g/mol. The maximum atomic E-state index is 9.41. The molecule has 2 fully saturated rings. The van der Waals surface area contributed by atoms with Crippen LogP contribution in [-0.4, -0.2) is 23.8 Å². The van der Waals surface area contributed by atoms with Gasteiger partial charge in [-0.1, -0.05) is 19.8 Å². The van der Waals surface area contributed by atoms with Gasteiger partial charge in [-0.25, -0.2) is 0 Å². The van der Waals surface area contributed by atoms with Crippen LogP contribution in [0.4, 0.5) is 0 Å². The summed E-state index contributed by atoms with van der Waals surface area (Å²) in [6.07, 6.45) is 5.23. The van der Waals surface area contributed by atoms with Gasteiger partial charge in [0.05, 0.1) is 6.61 Å². The zero-order valence-electron chi connectivity index (χ0n) is 7.84. The molecule has 2 nitrogen and oxygen atoms in total. The number of likely N-dealkylation sites (N-methyl/N-ethyl adjacent to an activating group) is 1. The van der Waals surface area contributed by atoms with Crippen molar-refractivity contribution in [2.24, 2.45) is 11.8 Å². The minimum atomic E-state index is 0.109. The Balaban J connectivity index is 2.04. The summed E-state index contributed by atoms with van der Waals surface area (Å²) in [6, 6.07) is 0. The van der Waals surface area contributed by atoms with Crippen LogP contribution in [0.15, 0.2) is 0 Å². The molecule has 2 rings (SSSR count). The molecular weight excluding hydrogens is 150 g/mol. The number of nitrogens with one attached hydrogen (secondary N) is 1. The molecule has 0 aliphatic heterocycles. The summed E-state index contributed by atoms with van der Waals surface area (Å²) in [5.41, 5.74) is 0.109. The summed E-state index contributed by atoms with van der Waals surface area (Å²) in [6.45, 7) is 3.45. The van der Waals surface area contributed by atoms with Crippen LogP contribution < -0.4 is 5.32 Å². The van der Waals surface area contributed by atoms with Gasteiger partial charge in [0.2, 0.25) is 0 Å². The molecule has 2 aliphatic rings. The van der Waals surface area contributed by atoms with E-state index in [1.165, 1.54) is 25.7 Å². The number of fused-ring (bicyclic) bond motifs is 1. The first-order chi connectivity index (χ1) is 5.82. The number of rotatable bonds is 3. The number of aliphatic hydroxyl groups excluding tert-OH is 1. The van der Waals surface area contributed by atoms with Crippen LogP contribution in [-0.2, 0) is 0 Å². The van der Waals surface area contributed by atoms with E-state index in [9.17, 15) is 5.11 Å². The summed E-state index contributed by atoms with van der Waals surface area (Å²) >= 11 is 0. The molecule has 3 atom stereocenters. The summed E-state index contributed by atoms with van der Waals surface area (Å²) in [5, 5.41) is 12.9. The maximum absolute atomic E-state index is 9.41. The number of aliphatic hydroxyl groups is 1. The van der Waals surface area contributed by atoms with Gasteiger partial charge in [-0.05, 0) is 31.2 Å². The Morgan fingerprint density at radius 1 is 1.58 bits per heavy atom. The van der Waals surface area contributed by atoms with E-state index < -0.39 is 0 Å². The van der Waals surface area contributed by atoms with Gasteiger partial charge < -0.3 is 10.4 Å². The summed E-state index contributed by atoms with van der Waals surface area (Å²) in [4.78, 5) is 0. The number of hydrogen-bond donors (Lipinski definition) is 2. The Kier molecular flexibility index (Phi) is 2.13. The third kappa shape index (κ3) is 1.17. The van der Waals surface area contributed by atoms with Gasteiger partial charge in [0.25, 0.3) is 0 Å². The van der Waals surface area contributed by atoms with Crippen LogP contribution in [0.25, 0.3) is 0 Å². The first-order valence-electron chi connectivity index (χ1n) is 5.18. The summed E-state index contributed by atoms with van der Waals surface area (Å²) < 4.78 is 0. The molecule has 2 heteroatoms. The second kappa shape index (κ2) is 3.00. The van der Waals surface area contributed by atoms with Crippen LogP contribution >= 0.6 is 0 Å². The van der Waals surface area contributed by atoms with Crippen molar-refractivity contribution in [3.05, 3.63) is 0 Å². The summed E-state index contributed by atoms with van der Waals surface area (Å²) in [7, 11) is 0. The average Bonchev–Trinajstić information content (AvgIpc) is 2.85. The maximum Gasteiger partial charge on any atom is 0.0616 e. The number of hydrogen-bond acceptors (Lipinski definition) is 2. The minimum absolute atomic E-state index is 0.109. The lowest BCUT2D eigenvalue weighted by atomic mass is 9.82. The van der Waals surface area contributed by atoms with E-state index >= 15 is 0 Å². The molecule has 0 saturated heterocycles. The van der Waals surface area contributed by atoms with Crippen LogP contribution in [0.1, 0.15) is 32.6 Å². The minimum Gasteiger partial charge on any atom is -0.394 e. The fourth-order valence-corrected chi connectivity index (χ4v) is 2.93. The molecule has 2 N–H and O–H groups in total. The molecule has 0 heterocycles. The third-order valence-corrected chi connectivity index (χ3v) is 3.64. The largest absolute Gasteiger partial charge is 0.394 e. The SMILES string of the molecule is CCNC1(CO)CCCC2CC21. The molecule has 12 heavy (non-hydrogen) atoms. The lowest BCUT2D eigenvalue weighted by Gasteiger charge is -2.36. The highest BCUT2D eigenvalue weighted by atomic mass is 16.3. The highest BCUT2D eigenvalue weighted by molar-refractivity contribution is 5.08. The third-order valence-electron chi connectivity index (χ3n) is 3.64. The van der Waals surface area contributed by atoms with Crippen molar-refractivity contribution in [1.29, 1.82) is 0 Å². The van der Waals surface area contributed by atoms with E-state index in [0.717, 1.165) is 18.4 Å². The molecule has 3 unspecified atom stereocenters. The van der Waals surface area contributed by atoms with E-state index in [2.05, 4.69) is 12.2 Å². The van der Waals surface area contributed by atoms with Crippen LogP contribution in [0.5, 0.6) is 0 Å². The van der Waals surface area contributed by atoms with Crippen molar-refractivity contribution in [1.82, 2.24) is 5.32 Å². The molecule has 70 valence electrons. The summed E-state index contributed by atoms with van der Waals surface area (Å²) in [5.74, 6) is 1.72. The zero-order chi connectivity index (χ0) is 8.60. The van der Waals surface area contributed by atoms with E-state index in [4.69, 9.17) is 0 Å².